The fraction of sp³-hybridized carbons (Fsp3) is 0.824. The number of aliphatic hydroxyl groups is 1. The molecule has 1 N–H and O–H groups in total. The molecule has 0 aromatic heterocycles. The Bertz CT molecular complexity index is 408. The molecule has 4 nitrogen and oxygen atoms in total. The zero-order valence-electron chi connectivity index (χ0n) is 13.7. The van der Waals surface area contributed by atoms with Crippen molar-refractivity contribution in [2.75, 3.05) is 0 Å². The molecule has 0 bridgehead atoms. The van der Waals surface area contributed by atoms with Crippen LogP contribution in [0.5, 0.6) is 0 Å². The molecule has 2 heterocycles. The summed E-state index contributed by atoms with van der Waals surface area (Å²) in [4.78, 5) is 11.2. The third-order valence-corrected chi connectivity index (χ3v) is 5.28. The van der Waals surface area contributed by atoms with Crippen molar-refractivity contribution in [2.24, 2.45) is 23.7 Å². The molecule has 8 atom stereocenters. The lowest BCUT2D eigenvalue weighted by molar-refractivity contribution is -0.334. The van der Waals surface area contributed by atoms with Crippen molar-refractivity contribution in [1.29, 1.82) is 0 Å². The van der Waals surface area contributed by atoms with Gasteiger partial charge in [-0.15, -0.1) is 0 Å². The quantitative estimate of drug-likeness (QED) is 0.642. The molecule has 2 rings (SSSR count). The second-order valence-electron chi connectivity index (χ2n) is 6.69. The van der Waals surface area contributed by atoms with Gasteiger partial charge in [-0.05, 0) is 19.4 Å². The van der Waals surface area contributed by atoms with E-state index < -0.39 is 11.9 Å². The summed E-state index contributed by atoms with van der Waals surface area (Å²) in [5, 5.41) is 10.6. The maximum absolute atomic E-state index is 11.2. The van der Waals surface area contributed by atoms with Crippen molar-refractivity contribution < 1.29 is 19.4 Å². The van der Waals surface area contributed by atoms with Crippen LogP contribution in [0.15, 0.2) is 12.2 Å². The zero-order chi connectivity index (χ0) is 15.8. The van der Waals surface area contributed by atoms with Crippen LogP contribution in [0.2, 0.25) is 0 Å². The zero-order valence-corrected chi connectivity index (χ0v) is 13.7. The van der Waals surface area contributed by atoms with Crippen LogP contribution >= 0.6 is 0 Å². The van der Waals surface area contributed by atoms with E-state index in [4.69, 9.17) is 9.47 Å². The smallest absolute Gasteiger partial charge is 0.193 e. The third kappa shape index (κ3) is 2.81. The number of hydrogen-bond donors (Lipinski definition) is 1. The molecular formula is C17H28O4. The summed E-state index contributed by atoms with van der Waals surface area (Å²) in [5.41, 5.74) is 0. The third-order valence-electron chi connectivity index (χ3n) is 5.28. The maximum atomic E-state index is 11.2. The monoisotopic (exact) mass is 296 g/mol. The molecule has 1 fully saturated rings. The highest BCUT2D eigenvalue weighted by Gasteiger charge is 2.53. The highest BCUT2D eigenvalue weighted by atomic mass is 16.7. The van der Waals surface area contributed by atoms with Crippen molar-refractivity contribution in [3.05, 3.63) is 12.2 Å². The Morgan fingerprint density at radius 1 is 1.33 bits per heavy atom. The standard InChI is InChI=1S/C17H28O4/c1-6-14-7-8-17(20-13(14)5)12(4)15(19)11(3)16(21-17)10(2)9-18/h7-16,19H,6H2,1-5H3/t10-,11-,12-,13+,14-,15+,16-,17+/m0/s1. The molecule has 2 aliphatic heterocycles. The fourth-order valence-corrected chi connectivity index (χ4v) is 3.60. The molecule has 0 aromatic carbocycles. The lowest BCUT2D eigenvalue weighted by Crippen LogP contribution is -2.61. The number of rotatable bonds is 3. The fourth-order valence-electron chi connectivity index (χ4n) is 3.60. The van der Waals surface area contributed by atoms with E-state index in [9.17, 15) is 9.90 Å². The van der Waals surface area contributed by atoms with E-state index in [0.717, 1.165) is 12.7 Å². The lowest BCUT2D eigenvalue weighted by atomic mass is 9.76. The van der Waals surface area contributed by atoms with Crippen LogP contribution in [0.3, 0.4) is 0 Å². The first-order valence-corrected chi connectivity index (χ1v) is 8.04. The van der Waals surface area contributed by atoms with Gasteiger partial charge in [0.2, 0.25) is 0 Å². The molecule has 0 aliphatic carbocycles. The minimum absolute atomic E-state index is 0.0373. The van der Waals surface area contributed by atoms with E-state index in [-0.39, 0.29) is 30.0 Å². The largest absolute Gasteiger partial charge is 0.392 e. The molecule has 0 radical (unpaired) electrons. The molecule has 2 aliphatic rings. The van der Waals surface area contributed by atoms with E-state index in [1.165, 1.54) is 0 Å². The van der Waals surface area contributed by atoms with Crippen LogP contribution in [0.4, 0.5) is 0 Å². The summed E-state index contributed by atoms with van der Waals surface area (Å²) in [6.45, 7) is 9.88. The van der Waals surface area contributed by atoms with E-state index >= 15 is 0 Å². The maximum Gasteiger partial charge on any atom is 0.193 e. The van der Waals surface area contributed by atoms with Gasteiger partial charge in [-0.1, -0.05) is 33.8 Å². The lowest BCUT2D eigenvalue weighted by Gasteiger charge is -2.52. The molecule has 0 unspecified atom stereocenters. The van der Waals surface area contributed by atoms with Gasteiger partial charge in [-0.2, -0.15) is 0 Å². The van der Waals surface area contributed by atoms with E-state index in [2.05, 4.69) is 13.0 Å². The van der Waals surface area contributed by atoms with Crippen LogP contribution in [-0.4, -0.2) is 35.5 Å². The van der Waals surface area contributed by atoms with Crippen LogP contribution in [0.25, 0.3) is 0 Å². The van der Waals surface area contributed by atoms with Crippen LogP contribution in [-0.2, 0) is 14.3 Å². The molecule has 4 heteroatoms. The number of hydrogen-bond acceptors (Lipinski definition) is 4. The molecule has 1 spiro atoms. The Labute approximate surface area is 127 Å². The Kier molecular flexibility index (Phi) is 4.91. The van der Waals surface area contributed by atoms with Gasteiger partial charge in [0.1, 0.15) is 6.29 Å². The van der Waals surface area contributed by atoms with Crippen molar-refractivity contribution in [2.45, 2.75) is 65.1 Å². The topological polar surface area (TPSA) is 55.8 Å². The number of aliphatic hydroxyl groups excluding tert-OH is 1. The average Bonchev–Trinajstić information content (AvgIpc) is 2.48. The summed E-state index contributed by atoms with van der Waals surface area (Å²) in [6, 6.07) is 0. The molecule has 0 amide bonds. The van der Waals surface area contributed by atoms with E-state index in [1.807, 2.05) is 33.8 Å². The Morgan fingerprint density at radius 2 is 2.00 bits per heavy atom. The average molecular weight is 296 g/mol. The van der Waals surface area contributed by atoms with Crippen molar-refractivity contribution in [3.8, 4) is 0 Å². The van der Waals surface area contributed by atoms with Gasteiger partial charge >= 0.3 is 0 Å². The van der Waals surface area contributed by atoms with E-state index in [1.54, 1.807) is 0 Å². The van der Waals surface area contributed by atoms with Crippen LogP contribution < -0.4 is 0 Å². The number of carbonyl (C=O) groups is 1. The molecule has 0 aromatic rings. The Hall–Kier alpha value is -0.710. The van der Waals surface area contributed by atoms with Crippen LogP contribution in [0, 0.1) is 23.7 Å². The minimum Gasteiger partial charge on any atom is -0.392 e. The molecule has 0 saturated carbocycles. The normalized spacial score (nSPS) is 48.3. The summed E-state index contributed by atoms with van der Waals surface area (Å²) >= 11 is 0. The molecule has 120 valence electrons. The van der Waals surface area contributed by atoms with Gasteiger partial charge in [0.25, 0.3) is 0 Å². The summed E-state index contributed by atoms with van der Waals surface area (Å²) in [5.74, 6) is -1.08. The number of aldehydes is 1. The second kappa shape index (κ2) is 6.19. The van der Waals surface area contributed by atoms with Gasteiger partial charge < -0.3 is 19.4 Å². The predicted molar refractivity (Wildman–Crippen MR) is 80.6 cm³/mol. The first-order chi connectivity index (χ1) is 9.86. The second-order valence-corrected chi connectivity index (χ2v) is 6.69. The van der Waals surface area contributed by atoms with E-state index in [0.29, 0.717) is 5.92 Å². The Morgan fingerprint density at radius 3 is 2.52 bits per heavy atom. The number of carbonyl (C=O) groups excluding carboxylic acids is 1. The van der Waals surface area contributed by atoms with Gasteiger partial charge in [0.15, 0.2) is 5.79 Å². The molecule has 1 saturated heterocycles. The molecular weight excluding hydrogens is 268 g/mol. The van der Waals surface area contributed by atoms with Crippen molar-refractivity contribution >= 4 is 6.29 Å². The SMILES string of the molecule is CC[C@H]1C=C[C@]2(O[C@@H]([C@@H](C)C=O)[C@@H](C)[C@@H](O)[C@@H]2C)O[C@@H]1C. The van der Waals surface area contributed by atoms with Gasteiger partial charge in [0, 0.05) is 23.7 Å². The van der Waals surface area contributed by atoms with Gasteiger partial charge in [0.05, 0.1) is 18.3 Å². The van der Waals surface area contributed by atoms with Crippen LogP contribution in [0.1, 0.15) is 41.0 Å². The first kappa shape index (κ1) is 16.7. The minimum atomic E-state index is -0.918. The Balaban J connectivity index is 2.32. The van der Waals surface area contributed by atoms with Crippen molar-refractivity contribution in [1.82, 2.24) is 0 Å². The number of ether oxygens (including phenoxy) is 2. The van der Waals surface area contributed by atoms with Gasteiger partial charge in [-0.3, -0.25) is 0 Å². The summed E-state index contributed by atoms with van der Waals surface area (Å²) in [7, 11) is 0. The summed E-state index contributed by atoms with van der Waals surface area (Å²) < 4.78 is 12.4. The van der Waals surface area contributed by atoms with Gasteiger partial charge in [-0.25, -0.2) is 0 Å². The first-order valence-electron chi connectivity index (χ1n) is 8.04. The summed E-state index contributed by atoms with van der Waals surface area (Å²) in [6.07, 6.45) is 5.14. The highest BCUT2D eigenvalue weighted by molar-refractivity contribution is 5.54. The predicted octanol–water partition coefficient (Wildman–Crippen LogP) is 2.55. The highest BCUT2D eigenvalue weighted by Crippen LogP contribution is 2.44. The molecule has 21 heavy (non-hydrogen) atoms. The van der Waals surface area contributed by atoms with Crippen molar-refractivity contribution in [3.63, 3.8) is 0 Å².